The molecule has 0 aliphatic carbocycles. The van der Waals surface area contributed by atoms with Crippen LogP contribution < -0.4 is 5.32 Å². The molecule has 0 saturated carbocycles. The highest BCUT2D eigenvalue weighted by Crippen LogP contribution is 2.25. The van der Waals surface area contributed by atoms with Crippen LogP contribution in [0.2, 0.25) is 0 Å². The Kier molecular flexibility index (Phi) is 3.13. The van der Waals surface area contributed by atoms with Crippen molar-refractivity contribution in [3.63, 3.8) is 0 Å². The maximum absolute atomic E-state index is 9.95. The average molecular weight is 171 g/mol. The average Bonchev–Trinajstić information content (AvgIpc) is 2.03. The molecule has 0 radical (unpaired) electrons. The van der Waals surface area contributed by atoms with Crippen molar-refractivity contribution in [3.8, 4) is 0 Å². The summed E-state index contributed by atoms with van der Waals surface area (Å²) in [5.74, 6) is 0. The van der Waals surface area contributed by atoms with Crippen molar-refractivity contribution < 1.29 is 5.11 Å². The highest BCUT2D eigenvalue weighted by Gasteiger charge is 2.30. The van der Waals surface area contributed by atoms with Gasteiger partial charge in [0.05, 0.1) is 6.10 Å². The van der Waals surface area contributed by atoms with E-state index in [0.29, 0.717) is 6.04 Å². The van der Waals surface area contributed by atoms with Gasteiger partial charge in [-0.2, -0.15) is 0 Å². The first kappa shape index (κ1) is 10.0. The van der Waals surface area contributed by atoms with Gasteiger partial charge in [0, 0.05) is 6.04 Å². The minimum absolute atomic E-state index is 0.00894. The lowest BCUT2D eigenvalue weighted by Crippen LogP contribution is -2.48. The predicted molar refractivity (Wildman–Crippen MR) is 51.1 cm³/mol. The van der Waals surface area contributed by atoms with Crippen molar-refractivity contribution in [2.45, 2.75) is 52.2 Å². The third-order valence-corrected chi connectivity index (χ3v) is 2.62. The van der Waals surface area contributed by atoms with Crippen molar-refractivity contribution in [1.29, 1.82) is 0 Å². The van der Waals surface area contributed by atoms with Gasteiger partial charge in [-0.15, -0.1) is 0 Å². The van der Waals surface area contributed by atoms with E-state index < -0.39 is 0 Å². The van der Waals surface area contributed by atoms with Crippen molar-refractivity contribution in [3.05, 3.63) is 0 Å². The maximum Gasteiger partial charge on any atom is 0.0741 e. The van der Waals surface area contributed by atoms with Crippen LogP contribution in [0.15, 0.2) is 0 Å². The van der Waals surface area contributed by atoms with E-state index in [1.54, 1.807) is 0 Å². The van der Waals surface area contributed by atoms with Gasteiger partial charge in [0.1, 0.15) is 0 Å². The van der Waals surface area contributed by atoms with Gasteiger partial charge in [0.15, 0.2) is 0 Å². The largest absolute Gasteiger partial charge is 0.391 e. The third kappa shape index (κ3) is 2.46. The fourth-order valence-corrected chi connectivity index (χ4v) is 1.75. The second-order valence-electron chi connectivity index (χ2n) is 4.87. The Balaban J connectivity index is 2.45. The summed E-state index contributed by atoms with van der Waals surface area (Å²) >= 11 is 0. The molecule has 2 nitrogen and oxygen atoms in total. The number of aliphatic hydroxyl groups excluding tert-OH is 1. The van der Waals surface area contributed by atoms with Crippen molar-refractivity contribution in [2.24, 2.45) is 5.41 Å². The quantitative estimate of drug-likeness (QED) is 0.627. The zero-order valence-corrected chi connectivity index (χ0v) is 8.43. The van der Waals surface area contributed by atoms with E-state index in [9.17, 15) is 5.11 Å². The van der Waals surface area contributed by atoms with Crippen LogP contribution in [0.1, 0.15) is 40.0 Å². The Morgan fingerprint density at radius 3 is 2.42 bits per heavy atom. The third-order valence-electron chi connectivity index (χ3n) is 2.62. The second kappa shape index (κ2) is 3.75. The Hall–Kier alpha value is -0.0800. The Bertz CT molecular complexity index is 133. The summed E-state index contributed by atoms with van der Waals surface area (Å²) in [5, 5.41) is 13.3. The second-order valence-corrected chi connectivity index (χ2v) is 4.87. The Morgan fingerprint density at radius 1 is 1.33 bits per heavy atom. The van der Waals surface area contributed by atoms with Gasteiger partial charge in [-0.1, -0.05) is 27.2 Å². The summed E-state index contributed by atoms with van der Waals surface area (Å²) in [5.41, 5.74) is 0.00894. The monoisotopic (exact) mass is 171 g/mol. The molecule has 2 heteroatoms. The van der Waals surface area contributed by atoms with Crippen LogP contribution in [-0.4, -0.2) is 23.8 Å². The minimum Gasteiger partial charge on any atom is -0.391 e. The zero-order valence-electron chi connectivity index (χ0n) is 8.43. The van der Waals surface area contributed by atoms with Gasteiger partial charge >= 0.3 is 0 Å². The molecule has 1 aliphatic heterocycles. The fraction of sp³-hybridized carbons (Fsp3) is 1.00. The molecule has 0 amide bonds. The number of rotatable bonds is 1. The van der Waals surface area contributed by atoms with Crippen LogP contribution in [0.25, 0.3) is 0 Å². The van der Waals surface area contributed by atoms with Gasteiger partial charge in [-0.25, -0.2) is 0 Å². The molecule has 1 saturated heterocycles. The highest BCUT2D eigenvalue weighted by molar-refractivity contribution is 4.86. The van der Waals surface area contributed by atoms with E-state index >= 15 is 0 Å². The van der Waals surface area contributed by atoms with Crippen LogP contribution in [0.5, 0.6) is 0 Å². The summed E-state index contributed by atoms with van der Waals surface area (Å²) in [6.07, 6.45) is 3.43. The summed E-state index contributed by atoms with van der Waals surface area (Å²) < 4.78 is 0. The zero-order chi connectivity index (χ0) is 9.19. The van der Waals surface area contributed by atoms with Gasteiger partial charge in [-0.05, 0) is 24.8 Å². The summed E-state index contributed by atoms with van der Waals surface area (Å²) in [6.45, 7) is 7.34. The molecule has 2 N–H and O–H groups in total. The van der Waals surface area contributed by atoms with E-state index in [1.807, 2.05) is 0 Å². The lowest BCUT2D eigenvalue weighted by Gasteiger charge is -2.35. The van der Waals surface area contributed by atoms with Gasteiger partial charge < -0.3 is 10.4 Å². The van der Waals surface area contributed by atoms with Crippen LogP contribution in [0.4, 0.5) is 0 Å². The molecule has 1 aliphatic rings. The number of hydrogen-bond donors (Lipinski definition) is 2. The first-order chi connectivity index (χ1) is 5.52. The van der Waals surface area contributed by atoms with Crippen LogP contribution in [0, 0.1) is 5.41 Å². The molecule has 2 atom stereocenters. The molecule has 0 spiro atoms. The molecule has 0 bridgehead atoms. The standard InChI is InChI=1S/C10H21NO/c1-10(2,3)9(12)8-6-4-5-7-11-8/h8-9,11-12H,4-7H2,1-3H3. The summed E-state index contributed by atoms with van der Waals surface area (Å²) in [7, 11) is 0. The number of hydrogen-bond acceptors (Lipinski definition) is 2. The van der Waals surface area contributed by atoms with Crippen molar-refractivity contribution in [1.82, 2.24) is 5.32 Å². The highest BCUT2D eigenvalue weighted by atomic mass is 16.3. The first-order valence-electron chi connectivity index (χ1n) is 4.93. The fourth-order valence-electron chi connectivity index (χ4n) is 1.75. The molecule has 2 unspecified atom stereocenters. The molecule has 1 heterocycles. The van der Waals surface area contributed by atoms with E-state index in [2.05, 4.69) is 26.1 Å². The SMILES string of the molecule is CC(C)(C)C(O)C1CCCCN1. The van der Waals surface area contributed by atoms with E-state index in [-0.39, 0.29) is 11.5 Å². The maximum atomic E-state index is 9.95. The summed E-state index contributed by atoms with van der Waals surface area (Å²) in [4.78, 5) is 0. The van der Waals surface area contributed by atoms with Gasteiger partial charge in [0.25, 0.3) is 0 Å². The molecule has 0 aromatic carbocycles. The molecule has 72 valence electrons. The molecule has 0 aromatic rings. The lowest BCUT2D eigenvalue weighted by atomic mass is 9.82. The van der Waals surface area contributed by atoms with Crippen LogP contribution in [-0.2, 0) is 0 Å². The molecule has 0 aromatic heterocycles. The van der Waals surface area contributed by atoms with Gasteiger partial charge in [0.2, 0.25) is 0 Å². The normalized spacial score (nSPS) is 28.5. The van der Waals surface area contributed by atoms with Crippen LogP contribution in [0.3, 0.4) is 0 Å². The molecule has 1 fully saturated rings. The van der Waals surface area contributed by atoms with Gasteiger partial charge in [-0.3, -0.25) is 0 Å². The Labute approximate surface area is 75.4 Å². The van der Waals surface area contributed by atoms with E-state index in [0.717, 1.165) is 13.0 Å². The topological polar surface area (TPSA) is 32.3 Å². The lowest BCUT2D eigenvalue weighted by molar-refractivity contribution is 0.0209. The summed E-state index contributed by atoms with van der Waals surface area (Å²) in [6, 6.07) is 0.318. The van der Waals surface area contributed by atoms with E-state index in [4.69, 9.17) is 0 Å². The smallest absolute Gasteiger partial charge is 0.0741 e. The molecular formula is C10H21NO. The first-order valence-corrected chi connectivity index (χ1v) is 4.93. The van der Waals surface area contributed by atoms with Crippen molar-refractivity contribution >= 4 is 0 Å². The number of aliphatic hydroxyl groups is 1. The van der Waals surface area contributed by atoms with Crippen molar-refractivity contribution in [2.75, 3.05) is 6.54 Å². The molecular weight excluding hydrogens is 150 g/mol. The van der Waals surface area contributed by atoms with Crippen LogP contribution >= 0.6 is 0 Å². The molecule has 12 heavy (non-hydrogen) atoms. The number of nitrogens with one attached hydrogen (secondary N) is 1. The minimum atomic E-state index is -0.210. The predicted octanol–water partition coefficient (Wildman–Crippen LogP) is 1.54. The Morgan fingerprint density at radius 2 is 2.00 bits per heavy atom. The number of piperidine rings is 1. The van der Waals surface area contributed by atoms with E-state index in [1.165, 1.54) is 12.8 Å². The molecule has 1 rings (SSSR count).